The van der Waals surface area contributed by atoms with Crippen molar-refractivity contribution in [3.8, 4) is 16.5 Å². The van der Waals surface area contributed by atoms with Gasteiger partial charge in [0.2, 0.25) is 21.7 Å². The number of aryl methyl sites for hydroxylation is 2. The van der Waals surface area contributed by atoms with Crippen LogP contribution in [0.3, 0.4) is 0 Å². The molecule has 0 saturated carbocycles. The van der Waals surface area contributed by atoms with Gasteiger partial charge in [0.25, 0.3) is 0 Å². The summed E-state index contributed by atoms with van der Waals surface area (Å²) in [7, 11) is -1.94. The summed E-state index contributed by atoms with van der Waals surface area (Å²) in [6.07, 6.45) is 0. The number of ether oxygens (including phenoxy) is 1. The lowest BCUT2D eigenvalue weighted by molar-refractivity contribution is 0.384. The van der Waals surface area contributed by atoms with Crippen molar-refractivity contribution in [2.45, 2.75) is 18.7 Å². The molecule has 3 aromatic rings. The van der Waals surface area contributed by atoms with Crippen molar-refractivity contribution in [1.29, 1.82) is 0 Å². The van der Waals surface area contributed by atoms with Crippen LogP contribution in [-0.2, 0) is 10.0 Å². The second-order valence-corrected chi connectivity index (χ2v) is 9.92. The highest BCUT2D eigenvalue weighted by molar-refractivity contribution is 7.89. The van der Waals surface area contributed by atoms with Gasteiger partial charge in [-0.25, -0.2) is 8.42 Å². The van der Waals surface area contributed by atoms with Gasteiger partial charge in [-0.15, -0.1) is 11.3 Å². The summed E-state index contributed by atoms with van der Waals surface area (Å²) in [5, 5.41) is 3.89. The summed E-state index contributed by atoms with van der Waals surface area (Å²) in [6.45, 7) is 5.64. The van der Waals surface area contributed by atoms with E-state index in [1.165, 1.54) is 11.3 Å². The molecule has 1 aliphatic heterocycles. The Labute approximate surface area is 173 Å². The van der Waals surface area contributed by atoms with Gasteiger partial charge in [0, 0.05) is 43.7 Å². The lowest BCUT2D eigenvalue weighted by Gasteiger charge is -2.35. The fraction of sp³-hybridized carbons (Fsp3) is 0.368. The smallest absolute Gasteiger partial charge is 0.244 e. The molecular weight excluding hydrogens is 412 g/mol. The SMILES string of the molecule is COc1ccc(N2CCN(S(=O)(=O)c3cc(-c4noc(C)n4)sc3C)CC2)cc1. The van der Waals surface area contributed by atoms with E-state index in [0.29, 0.717) is 47.7 Å². The van der Waals surface area contributed by atoms with E-state index in [0.717, 1.165) is 16.3 Å². The van der Waals surface area contributed by atoms with Crippen LogP contribution in [0.25, 0.3) is 10.7 Å². The minimum absolute atomic E-state index is 0.317. The predicted molar refractivity (Wildman–Crippen MR) is 111 cm³/mol. The van der Waals surface area contributed by atoms with Crippen LogP contribution >= 0.6 is 11.3 Å². The minimum Gasteiger partial charge on any atom is -0.497 e. The molecule has 8 nitrogen and oxygen atoms in total. The highest BCUT2D eigenvalue weighted by atomic mass is 32.2. The van der Waals surface area contributed by atoms with Crippen LogP contribution in [-0.4, -0.2) is 56.2 Å². The molecule has 0 radical (unpaired) electrons. The number of benzene rings is 1. The maximum absolute atomic E-state index is 13.2. The maximum atomic E-state index is 13.2. The van der Waals surface area contributed by atoms with E-state index in [1.54, 1.807) is 24.4 Å². The maximum Gasteiger partial charge on any atom is 0.244 e. The lowest BCUT2D eigenvalue weighted by atomic mass is 10.2. The first-order valence-electron chi connectivity index (χ1n) is 9.19. The van der Waals surface area contributed by atoms with Crippen LogP contribution in [0.1, 0.15) is 10.8 Å². The van der Waals surface area contributed by atoms with Crippen molar-refractivity contribution >= 4 is 27.0 Å². The fourth-order valence-corrected chi connectivity index (χ4v) is 6.26. The van der Waals surface area contributed by atoms with E-state index in [4.69, 9.17) is 9.26 Å². The van der Waals surface area contributed by atoms with E-state index in [1.807, 2.05) is 31.2 Å². The third-order valence-electron chi connectivity index (χ3n) is 4.91. The van der Waals surface area contributed by atoms with Crippen molar-refractivity contribution < 1.29 is 17.7 Å². The van der Waals surface area contributed by atoms with E-state index in [-0.39, 0.29) is 0 Å². The molecule has 1 aromatic carbocycles. The molecule has 154 valence electrons. The summed E-state index contributed by atoms with van der Waals surface area (Å²) in [5.41, 5.74) is 1.06. The molecule has 0 N–H and O–H groups in total. The molecule has 0 aliphatic carbocycles. The zero-order valence-electron chi connectivity index (χ0n) is 16.5. The summed E-state index contributed by atoms with van der Waals surface area (Å²) < 4.78 is 38.2. The Bertz CT molecular complexity index is 1100. The normalized spacial score (nSPS) is 15.6. The number of rotatable bonds is 5. The molecule has 0 spiro atoms. The van der Waals surface area contributed by atoms with Crippen LogP contribution < -0.4 is 9.64 Å². The molecule has 1 aliphatic rings. The minimum atomic E-state index is -3.58. The van der Waals surface area contributed by atoms with Crippen LogP contribution in [0.15, 0.2) is 39.8 Å². The Morgan fingerprint density at radius 1 is 1.10 bits per heavy atom. The Morgan fingerprint density at radius 3 is 2.38 bits per heavy atom. The van der Waals surface area contributed by atoms with Crippen molar-refractivity contribution in [2.24, 2.45) is 0 Å². The monoisotopic (exact) mass is 434 g/mol. The van der Waals surface area contributed by atoms with Crippen molar-refractivity contribution in [2.75, 3.05) is 38.2 Å². The summed E-state index contributed by atoms with van der Waals surface area (Å²) in [4.78, 5) is 8.10. The number of aromatic nitrogens is 2. The molecule has 1 saturated heterocycles. The number of piperazine rings is 1. The average molecular weight is 435 g/mol. The number of hydrogen-bond donors (Lipinski definition) is 0. The van der Waals surface area contributed by atoms with Crippen LogP contribution in [0.5, 0.6) is 5.75 Å². The summed E-state index contributed by atoms with van der Waals surface area (Å²) in [6, 6.07) is 9.45. The van der Waals surface area contributed by atoms with Gasteiger partial charge in [0.05, 0.1) is 16.9 Å². The molecule has 0 bridgehead atoms. The third kappa shape index (κ3) is 3.87. The number of thiophene rings is 1. The number of anilines is 1. The van der Waals surface area contributed by atoms with E-state index in [2.05, 4.69) is 15.0 Å². The van der Waals surface area contributed by atoms with E-state index >= 15 is 0 Å². The largest absolute Gasteiger partial charge is 0.497 e. The average Bonchev–Trinajstić information content (AvgIpc) is 3.34. The number of nitrogens with zero attached hydrogens (tertiary/aromatic N) is 4. The molecule has 10 heteroatoms. The van der Waals surface area contributed by atoms with Gasteiger partial charge in [-0.05, 0) is 37.3 Å². The van der Waals surface area contributed by atoms with Crippen LogP contribution in [0, 0.1) is 13.8 Å². The van der Waals surface area contributed by atoms with E-state index < -0.39 is 10.0 Å². The van der Waals surface area contributed by atoms with E-state index in [9.17, 15) is 8.42 Å². The molecule has 0 amide bonds. The van der Waals surface area contributed by atoms with Crippen molar-refractivity contribution in [3.05, 3.63) is 41.1 Å². The standard InChI is InChI=1S/C19H22N4O4S2/c1-13-18(12-17(28-13)19-20-14(2)27-21-19)29(24,25)23-10-8-22(9-11-23)15-4-6-16(26-3)7-5-15/h4-7,12H,8-11H2,1-3H3. The zero-order valence-corrected chi connectivity index (χ0v) is 18.1. The first-order chi connectivity index (χ1) is 13.9. The van der Waals surface area contributed by atoms with Crippen LogP contribution in [0.2, 0.25) is 0 Å². The van der Waals surface area contributed by atoms with Gasteiger partial charge in [-0.3, -0.25) is 0 Å². The van der Waals surface area contributed by atoms with Gasteiger partial charge in [0.15, 0.2) is 0 Å². The summed E-state index contributed by atoms with van der Waals surface area (Å²) in [5.74, 6) is 1.67. The zero-order chi connectivity index (χ0) is 20.6. The molecule has 0 unspecified atom stereocenters. The third-order valence-corrected chi connectivity index (χ3v) is 8.11. The van der Waals surface area contributed by atoms with Crippen molar-refractivity contribution in [1.82, 2.24) is 14.4 Å². The lowest BCUT2D eigenvalue weighted by Crippen LogP contribution is -2.48. The molecule has 1 fully saturated rings. The van der Waals surface area contributed by atoms with Gasteiger partial charge >= 0.3 is 0 Å². The number of methoxy groups -OCH3 is 1. The first-order valence-corrected chi connectivity index (χ1v) is 11.4. The molecule has 29 heavy (non-hydrogen) atoms. The molecular formula is C19H22N4O4S2. The van der Waals surface area contributed by atoms with Gasteiger partial charge in [0.1, 0.15) is 5.75 Å². The van der Waals surface area contributed by atoms with Crippen molar-refractivity contribution in [3.63, 3.8) is 0 Å². The highest BCUT2D eigenvalue weighted by Gasteiger charge is 2.31. The fourth-order valence-electron chi connectivity index (χ4n) is 3.35. The second kappa shape index (κ2) is 7.77. The molecule has 3 heterocycles. The molecule has 2 aromatic heterocycles. The topological polar surface area (TPSA) is 88.8 Å². The molecule has 0 atom stereocenters. The number of sulfonamides is 1. The van der Waals surface area contributed by atoms with Gasteiger partial charge < -0.3 is 14.2 Å². The Balaban J connectivity index is 1.49. The Morgan fingerprint density at radius 2 is 1.79 bits per heavy atom. The first kappa shape index (κ1) is 19.9. The molecule has 4 rings (SSSR count). The van der Waals surface area contributed by atoms with Gasteiger partial charge in [-0.1, -0.05) is 5.16 Å². The highest BCUT2D eigenvalue weighted by Crippen LogP contribution is 2.34. The summed E-state index contributed by atoms with van der Waals surface area (Å²) >= 11 is 1.36. The van der Waals surface area contributed by atoms with Gasteiger partial charge in [-0.2, -0.15) is 9.29 Å². The predicted octanol–water partition coefficient (Wildman–Crippen LogP) is 2.93. The van der Waals surface area contributed by atoms with Crippen LogP contribution in [0.4, 0.5) is 5.69 Å². The Hall–Kier alpha value is -2.43. The second-order valence-electron chi connectivity index (χ2n) is 6.76. The Kier molecular flexibility index (Phi) is 5.32. The number of hydrogen-bond acceptors (Lipinski definition) is 8. The quantitative estimate of drug-likeness (QED) is 0.610.